The highest BCUT2D eigenvalue weighted by molar-refractivity contribution is 5.87. The van der Waals surface area contributed by atoms with E-state index in [2.05, 4.69) is 30.4 Å². The first kappa shape index (κ1) is 16.1. The summed E-state index contributed by atoms with van der Waals surface area (Å²) in [6.07, 6.45) is 5.96. The fourth-order valence-corrected chi connectivity index (χ4v) is 0.444. The van der Waals surface area contributed by atoms with E-state index in [1.807, 2.05) is 0 Å². The fraction of sp³-hybridized carbons (Fsp3) is 0.0909. The maximum Gasteiger partial charge on any atom is 0.247 e. The summed E-state index contributed by atoms with van der Waals surface area (Å²) in [7, 11) is 0. The predicted molar refractivity (Wildman–Crippen MR) is 63.5 cm³/mol. The predicted octanol–water partition coefficient (Wildman–Crippen LogP) is 0.792. The van der Waals surface area contributed by atoms with Gasteiger partial charge in [0.25, 0.3) is 0 Å². The van der Waals surface area contributed by atoms with E-state index in [9.17, 15) is 9.59 Å². The van der Waals surface area contributed by atoms with E-state index in [1.165, 1.54) is 24.4 Å². The smallest absolute Gasteiger partial charge is 0.247 e. The van der Waals surface area contributed by atoms with Crippen LogP contribution in [0.4, 0.5) is 0 Å². The van der Waals surface area contributed by atoms with Crippen molar-refractivity contribution in [2.75, 3.05) is 6.54 Å². The molecule has 0 aromatic carbocycles. The topological polar surface area (TPSA) is 78.4 Å². The third kappa shape index (κ3) is 14.2. The molecule has 0 aromatic heterocycles. The van der Waals surface area contributed by atoms with E-state index < -0.39 is 0 Å². The molecular weight excluding hydrogens is 208 g/mol. The lowest BCUT2D eigenvalue weighted by Gasteiger charge is -1.92. The Morgan fingerprint density at radius 2 is 1.69 bits per heavy atom. The molecule has 88 valence electrons. The van der Waals surface area contributed by atoms with Crippen LogP contribution >= 0.6 is 0 Å². The van der Waals surface area contributed by atoms with Gasteiger partial charge in [-0.2, -0.15) is 0 Å². The van der Waals surface area contributed by atoms with Gasteiger partial charge < -0.3 is 15.7 Å². The van der Waals surface area contributed by atoms with Gasteiger partial charge in [-0.1, -0.05) is 19.7 Å². The van der Waals surface area contributed by atoms with E-state index in [0.717, 1.165) is 6.26 Å². The molecule has 0 aromatic rings. The molecule has 0 atom stereocenters. The second-order valence-corrected chi connectivity index (χ2v) is 2.25. The summed E-state index contributed by atoms with van der Waals surface area (Å²) in [5.74, 6) is -0.469. The van der Waals surface area contributed by atoms with Gasteiger partial charge in [0, 0.05) is 6.54 Å². The van der Waals surface area contributed by atoms with E-state index in [4.69, 9.17) is 5.11 Å². The highest BCUT2D eigenvalue weighted by atomic mass is 16.2. The van der Waals surface area contributed by atoms with Gasteiger partial charge in [0.15, 0.2) is 0 Å². The SMILES string of the molecule is C=CC(=O)NCC=CO.C=CNC(=O)C=C. The van der Waals surface area contributed by atoms with Crippen LogP contribution in [-0.4, -0.2) is 23.5 Å². The average molecular weight is 224 g/mol. The van der Waals surface area contributed by atoms with E-state index in [1.54, 1.807) is 0 Å². The summed E-state index contributed by atoms with van der Waals surface area (Å²) in [6, 6.07) is 0. The van der Waals surface area contributed by atoms with Crippen molar-refractivity contribution in [3.8, 4) is 0 Å². The molecule has 3 N–H and O–H groups in total. The van der Waals surface area contributed by atoms with Gasteiger partial charge in [-0.05, 0) is 24.4 Å². The van der Waals surface area contributed by atoms with Gasteiger partial charge in [0.2, 0.25) is 11.8 Å². The molecule has 0 unspecified atom stereocenters. The molecule has 0 fully saturated rings. The van der Waals surface area contributed by atoms with Crippen molar-refractivity contribution in [3.63, 3.8) is 0 Å². The van der Waals surface area contributed by atoms with Crippen LogP contribution in [-0.2, 0) is 9.59 Å². The van der Waals surface area contributed by atoms with Crippen molar-refractivity contribution in [3.05, 3.63) is 50.4 Å². The van der Waals surface area contributed by atoms with Crippen LogP contribution in [0.5, 0.6) is 0 Å². The van der Waals surface area contributed by atoms with E-state index >= 15 is 0 Å². The first-order chi connectivity index (χ1) is 7.62. The zero-order valence-electron chi connectivity index (χ0n) is 8.98. The maximum absolute atomic E-state index is 10.3. The number of aliphatic hydroxyl groups is 1. The largest absolute Gasteiger partial charge is 0.516 e. The van der Waals surface area contributed by atoms with Gasteiger partial charge >= 0.3 is 0 Å². The van der Waals surface area contributed by atoms with Crippen molar-refractivity contribution < 1.29 is 14.7 Å². The molecule has 0 rings (SSSR count). The summed E-state index contributed by atoms with van der Waals surface area (Å²) in [6.45, 7) is 10.1. The van der Waals surface area contributed by atoms with Crippen molar-refractivity contribution in [1.82, 2.24) is 10.6 Å². The first-order valence-corrected chi connectivity index (χ1v) is 4.35. The molecule has 5 heteroatoms. The number of nitrogens with one attached hydrogen (secondary N) is 2. The van der Waals surface area contributed by atoms with Crippen LogP contribution in [0.1, 0.15) is 0 Å². The average Bonchev–Trinajstić information content (AvgIpc) is 2.30. The van der Waals surface area contributed by atoms with Gasteiger partial charge in [-0.15, -0.1) is 0 Å². The number of hydrogen-bond donors (Lipinski definition) is 3. The minimum atomic E-state index is -0.242. The summed E-state index contributed by atoms with van der Waals surface area (Å²) >= 11 is 0. The van der Waals surface area contributed by atoms with Gasteiger partial charge in [0.05, 0.1) is 6.26 Å². The molecule has 0 aliphatic rings. The fourth-order valence-electron chi connectivity index (χ4n) is 0.444. The number of carbonyl (C=O) groups excluding carboxylic acids is 2. The number of rotatable bonds is 5. The lowest BCUT2D eigenvalue weighted by molar-refractivity contribution is -0.116. The van der Waals surface area contributed by atoms with Crippen molar-refractivity contribution in [1.29, 1.82) is 0 Å². The molecule has 0 saturated carbocycles. The number of carbonyl (C=O) groups is 2. The van der Waals surface area contributed by atoms with Crippen LogP contribution in [0.3, 0.4) is 0 Å². The number of amides is 2. The Kier molecular flexibility index (Phi) is 12.8. The van der Waals surface area contributed by atoms with E-state index in [0.29, 0.717) is 6.54 Å². The highest BCUT2D eigenvalue weighted by Crippen LogP contribution is 1.67. The Bertz CT molecular complexity index is 283. The monoisotopic (exact) mass is 224 g/mol. The third-order valence-electron chi connectivity index (χ3n) is 1.11. The van der Waals surface area contributed by atoms with Crippen molar-refractivity contribution in [2.24, 2.45) is 0 Å². The first-order valence-electron chi connectivity index (χ1n) is 4.35. The Balaban J connectivity index is 0. The van der Waals surface area contributed by atoms with E-state index in [-0.39, 0.29) is 11.8 Å². The van der Waals surface area contributed by atoms with Crippen LogP contribution in [0.15, 0.2) is 50.4 Å². The minimum Gasteiger partial charge on any atom is -0.516 e. The molecule has 0 aliphatic carbocycles. The van der Waals surface area contributed by atoms with Gasteiger partial charge in [-0.3, -0.25) is 9.59 Å². The standard InChI is InChI=1S/C6H9NO2.C5H7NO/c1-2-6(9)7-4-3-5-8;1-3-5(7)6-4-2/h2-3,5,8H,1,4H2,(H,7,9);3-4H,1-2H2,(H,6,7). The Morgan fingerprint density at radius 3 is 2.00 bits per heavy atom. The molecule has 0 heterocycles. The van der Waals surface area contributed by atoms with Crippen molar-refractivity contribution >= 4 is 11.8 Å². The lowest BCUT2D eigenvalue weighted by Crippen LogP contribution is -2.20. The molecule has 16 heavy (non-hydrogen) atoms. The zero-order chi connectivity index (χ0) is 12.8. The summed E-state index contributed by atoms with van der Waals surface area (Å²) < 4.78 is 0. The second-order valence-electron chi connectivity index (χ2n) is 2.25. The van der Waals surface area contributed by atoms with Gasteiger partial charge in [0.1, 0.15) is 0 Å². The summed E-state index contributed by atoms with van der Waals surface area (Å²) in [5.41, 5.74) is 0. The zero-order valence-corrected chi connectivity index (χ0v) is 8.98. The maximum atomic E-state index is 10.3. The number of aliphatic hydroxyl groups excluding tert-OH is 1. The highest BCUT2D eigenvalue weighted by Gasteiger charge is 1.86. The van der Waals surface area contributed by atoms with Crippen LogP contribution < -0.4 is 10.6 Å². The number of hydrogen-bond acceptors (Lipinski definition) is 3. The Morgan fingerprint density at radius 1 is 1.12 bits per heavy atom. The molecule has 0 radical (unpaired) electrons. The molecule has 5 nitrogen and oxygen atoms in total. The summed E-state index contributed by atoms with van der Waals surface area (Å²) in [4.78, 5) is 20.5. The molecular formula is C11H16N2O3. The molecule has 0 aliphatic heterocycles. The second kappa shape index (κ2) is 12.7. The summed E-state index contributed by atoms with van der Waals surface area (Å²) in [5, 5.41) is 12.8. The van der Waals surface area contributed by atoms with Crippen LogP contribution in [0.25, 0.3) is 0 Å². The Labute approximate surface area is 94.9 Å². The lowest BCUT2D eigenvalue weighted by atomic mass is 10.5. The molecule has 2 amide bonds. The van der Waals surface area contributed by atoms with Crippen molar-refractivity contribution in [2.45, 2.75) is 0 Å². The third-order valence-corrected chi connectivity index (χ3v) is 1.11. The Hall–Kier alpha value is -2.30. The van der Waals surface area contributed by atoms with Crippen LogP contribution in [0, 0.1) is 0 Å². The normalized spacial score (nSPS) is 8.25. The minimum absolute atomic E-state index is 0.227. The quantitative estimate of drug-likeness (QED) is 0.477. The molecule has 0 saturated heterocycles. The van der Waals surface area contributed by atoms with Crippen LogP contribution in [0.2, 0.25) is 0 Å². The van der Waals surface area contributed by atoms with Gasteiger partial charge in [-0.25, -0.2) is 0 Å². The molecule has 0 spiro atoms. The molecule has 0 bridgehead atoms.